The lowest BCUT2D eigenvalue weighted by molar-refractivity contribution is -0.928. The summed E-state index contributed by atoms with van der Waals surface area (Å²) in [5.41, 5.74) is 3.97. The van der Waals surface area contributed by atoms with E-state index < -0.39 is 0 Å². The Bertz CT molecular complexity index is 735. The number of nitrogens with one attached hydrogen (secondary N) is 2. The summed E-state index contributed by atoms with van der Waals surface area (Å²) in [5.74, 6) is 0.968. The van der Waals surface area contributed by atoms with Crippen LogP contribution >= 0.6 is 11.3 Å². The number of hydrogen-bond donors (Lipinski definition) is 2. The van der Waals surface area contributed by atoms with Crippen LogP contribution in [0, 0.1) is 12.8 Å². The maximum absolute atomic E-state index is 12.5. The first-order valence-electron chi connectivity index (χ1n) is 8.94. The Morgan fingerprint density at radius 1 is 1.29 bits per heavy atom. The number of quaternary nitrogens is 1. The van der Waals surface area contributed by atoms with Crippen molar-refractivity contribution in [2.75, 3.05) is 13.1 Å². The Morgan fingerprint density at radius 2 is 2.12 bits per heavy atom. The lowest BCUT2D eigenvalue weighted by Crippen LogP contribution is -3.14. The highest BCUT2D eigenvalue weighted by Gasteiger charge is 2.43. The molecular formula is C20H25N2OS+. The zero-order valence-corrected chi connectivity index (χ0v) is 15.0. The average molecular weight is 342 g/mol. The Kier molecular flexibility index (Phi) is 4.42. The first-order valence-corrected chi connectivity index (χ1v) is 9.82. The van der Waals surface area contributed by atoms with E-state index in [9.17, 15) is 4.79 Å². The molecule has 24 heavy (non-hydrogen) atoms. The molecule has 126 valence electrons. The molecule has 2 heterocycles. The Balaban J connectivity index is 1.39. The van der Waals surface area contributed by atoms with E-state index in [0.29, 0.717) is 19.1 Å². The van der Waals surface area contributed by atoms with Crippen LogP contribution in [0.1, 0.15) is 40.5 Å². The van der Waals surface area contributed by atoms with Crippen molar-refractivity contribution in [1.29, 1.82) is 0 Å². The lowest BCUT2D eigenvalue weighted by atomic mass is 9.96. The van der Waals surface area contributed by atoms with Crippen molar-refractivity contribution >= 4 is 17.2 Å². The van der Waals surface area contributed by atoms with E-state index in [0.717, 1.165) is 18.9 Å². The number of fused-ring (bicyclic) bond motifs is 1. The van der Waals surface area contributed by atoms with Gasteiger partial charge in [0.15, 0.2) is 6.54 Å². The monoisotopic (exact) mass is 341 g/mol. The second-order valence-electron chi connectivity index (χ2n) is 7.15. The van der Waals surface area contributed by atoms with Crippen molar-refractivity contribution in [3.8, 4) is 0 Å². The van der Waals surface area contributed by atoms with Gasteiger partial charge in [-0.2, -0.15) is 0 Å². The number of amides is 1. The predicted molar refractivity (Wildman–Crippen MR) is 97.2 cm³/mol. The average Bonchev–Trinajstić information content (AvgIpc) is 3.30. The van der Waals surface area contributed by atoms with Gasteiger partial charge in [-0.15, -0.1) is 11.3 Å². The highest BCUT2D eigenvalue weighted by Crippen LogP contribution is 2.42. The first kappa shape index (κ1) is 15.9. The van der Waals surface area contributed by atoms with Crippen LogP contribution in [0.5, 0.6) is 0 Å². The largest absolute Gasteiger partial charge is 0.347 e. The van der Waals surface area contributed by atoms with Gasteiger partial charge in [-0.05, 0) is 42.3 Å². The van der Waals surface area contributed by atoms with Gasteiger partial charge in [-0.3, -0.25) is 4.79 Å². The molecule has 1 unspecified atom stereocenters. The summed E-state index contributed by atoms with van der Waals surface area (Å²) in [6.45, 7) is 4.42. The van der Waals surface area contributed by atoms with Gasteiger partial charge in [0.05, 0.1) is 6.54 Å². The van der Waals surface area contributed by atoms with E-state index in [1.165, 1.54) is 34.4 Å². The molecule has 1 aliphatic heterocycles. The van der Waals surface area contributed by atoms with Crippen molar-refractivity contribution in [1.82, 2.24) is 5.32 Å². The standard InChI is InChI=1S/C20H24N2OS/c1-14-4-2-3-5-16(14)12-21-19(23)13-22-10-8-18-17(9-11-24-18)20(22)15-6-7-15/h2-5,9,11,15,20H,6-8,10,12-13H2,1H3,(H,21,23)/p+1/t20-/m1/s1. The number of thiophene rings is 1. The molecule has 1 aromatic heterocycles. The third kappa shape index (κ3) is 3.26. The molecule has 1 saturated carbocycles. The quantitative estimate of drug-likeness (QED) is 0.859. The van der Waals surface area contributed by atoms with Crippen molar-refractivity contribution in [3.63, 3.8) is 0 Å². The first-order chi connectivity index (χ1) is 11.7. The number of aryl methyl sites for hydroxylation is 1. The highest BCUT2D eigenvalue weighted by atomic mass is 32.1. The molecule has 1 fully saturated rings. The molecule has 4 rings (SSSR count). The minimum Gasteiger partial charge on any atom is -0.347 e. The van der Waals surface area contributed by atoms with E-state index in [-0.39, 0.29) is 5.91 Å². The molecule has 2 aliphatic rings. The Hall–Kier alpha value is -1.65. The summed E-state index contributed by atoms with van der Waals surface area (Å²) in [5, 5.41) is 5.35. The summed E-state index contributed by atoms with van der Waals surface area (Å²) in [7, 11) is 0. The number of rotatable bonds is 5. The second-order valence-corrected chi connectivity index (χ2v) is 8.15. The number of hydrogen-bond acceptors (Lipinski definition) is 2. The van der Waals surface area contributed by atoms with Gasteiger partial charge < -0.3 is 10.2 Å². The highest BCUT2D eigenvalue weighted by molar-refractivity contribution is 7.10. The van der Waals surface area contributed by atoms with E-state index in [1.54, 1.807) is 4.88 Å². The van der Waals surface area contributed by atoms with Gasteiger partial charge in [-0.1, -0.05) is 24.3 Å². The van der Waals surface area contributed by atoms with Gasteiger partial charge >= 0.3 is 0 Å². The minimum absolute atomic E-state index is 0.178. The number of carbonyl (C=O) groups is 1. The molecular weight excluding hydrogens is 316 g/mol. The fraction of sp³-hybridized carbons (Fsp3) is 0.450. The second kappa shape index (κ2) is 6.69. The third-order valence-corrected chi connectivity index (χ3v) is 6.44. The Morgan fingerprint density at radius 3 is 2.92 bits per heavy atom. The van der Waals surface area contributed by atoms with Gasteiger partial charge in [-0.25, -0.2) is 0 Å². The molecule has 1 amide bonds. The maximum Gasteiger partial charge on any atom is 0.275 e. The van der Waals surface area contributed by atoms with Crippen molar-refractivity contribution in [2.45, 2.75) is 38.8 Å². The van der Waals surface area contributed by atoms with Crippen molar-refractivity contribution in [3.05, 3.63) is 57.3 Å². The summed E-state index contributed by atoms with van der Waals surface area (Å²) in [6, 6.07) is 11.1. The summed E-state index contributed by atoms with van der Waals surface area (Å²) in [6.07, 6.45) is 3.78. The number of carbonyl (C=O) groups excluding carboxylic acids is 1. The molecule has 1 aliphatic carbocycles. The van der Waals surface area contributed by atoms with Crippen molar-refractivity contribution < 1.29 is 9.69 Å². The fourth-order valence-corrected chi connectivity index (χ4v) is 4.90. The lowest BCUT2D eigenvalue weighted by Gasteiger charge is -2.32. The SMILES string of the molecule is Cc1ccccc1CNC(=O)C[NH+]1CCc2sccc2[C@H]1C1CC1. The van der Waals surface area contributed by atoms with Crippen LogP contribution in [-0.2, 0) is 17.8 Å². The maximum atomic E-state index is 12.5. The zero-order valence-electron chi connectivity index (χ0n) is 14.2. The minimum atomic E-state index is 0.178. The van der Waals surface area contributed by atoms with Crippen LogP contribution in [0.2, 0.25) is 0 Å². The van der Waals surface area contributed by atoms with Gasteiger partial charge in [0.25, 0.3) is 5.91 Å². The van der Waals surface area contributed by atoms with Gasteiger partial charge in [0.2, 0.25) is 0 Å². The summed E-state index contributed by atoms with van der Waals surface area (Å²) >= 11 is 1.89. The van der Waals surface area contributed by atoms with E-state index in [2.05, 4.69) is 35.8 Å². The van der Waals surface area contributed by atoms with Gasteiger partial charge in [0, 0.05) is 29.3 Å². The summed E-state index contributed by atoms with van der Waals surface area (Å²) in [4.78, 5) is 15.5. The van der Waals surface area contributed by atoms with Crippen LogP contribution in [0.25, 0.3) is 0 Å². The topological polar surface area (TPSA) is 33.5 Å². The van der Waals surface area contributed by atoms with E-state index in [1.807, 2.05) is 23.5 Å². The van der Waals surface area contributed by atoms with Crippen LogP contribution in [0.4, 0.5) is 0 Å². The van der Waals surface area contributed by atoms with E-state index in [4.69, 9.17) is 0 Å². The predicted octanol–water partition coefficient (Wildman–Crippen LogP) is 2.27. The number of benzene rings is 1. The molecule has 4 heteroatoms. The Labute approximate surface area is 147 Å². The molecule has 0 bridgehead atoms. The molecule has 2 atom stereocenters. The molecule has 1 aromatic carbocycles. The molecule has 2 aromatic rings. The van der Waals surface area contributed by atoms with Crippen LogP contribution in [0.15, 0.2) is 35.7 Å². The van der Waals surface area contributed by atoms with Gasteiger partial charge in [0.1, 0.15) is 6.04 Å². The third-order valence-electron chi connectivity index (χ3n) is 5.45. The normalized spacial score (nSPS) is 22.9. The van der Waals surface area contributed by atoms with Crippen LogP contribution in [-0.4, -0.2) is 19.0 Å². The van der Waals surface area contributed by atoms with E-state index >= 15 is 0 Å². The summed E-state index contributed by atoms with van der Waals surface area (Å²) < 4.78 is 0. The fourth-order valence-electron chi connectivity index (χ4n) is 3.97. The molecule has 0 spiro atoms. The van der Waals surface area contributed by atoms with Crippen LogP contribution < -0.4 is 10.2 Å². The van der Waals surface area contributed by atoms with Crippen molar-refractivity contribution in [2.24, 2.45) is 5.92 Å². The molecule has 0 saturated heterocycles. The van der Waals surface area contributed by atoms with Crippen LogP contribution in [0.3, 0.4) is 0 Å². The molecule has 3 nitrogen and oxygen atoms in total. The smallest absolute Gasteiger partial charge is 0.275 e. The molecule has 2 N–H and O–H groups in total. The molecule has 0 radical (unpaired) electrons. The zero-order chi connectivity index (χ0) is 16.5.